The molecule has 0 aliphatic carbocycles. The number of alkyl carbamates (subject to hydrolysis) is 1. The molecule has 0 unspecified atom stereocenters. The van der Waals surface area contributed by atoms with Gasteiger partial charge in [0.2, 0.25) is 5.43 Å². The van der Waals surface area contributed by atoms with Gasteiger partial charge in [-0.25, -0.2) is 9.59 Å². The van der Waals surface area contributed by atoms with Gasteiger partial charge in [0.1, 0.15) is 35.6 Å². The number of carbonyl (C=O) groups is 3. The van der Waals surface area contributed by atoms with Gasteiger partial charge in [-0.3, -0.25) is 14.3 Å². The molecule has 3 aliphatic rings. The van der Waals surface area contributed by atoms with Gasteiger partial charge in [0.25, 0.3) is 0 Å². The first-order valence-corrected chi connectivity index (χ1v) is 30.3. The molecule has 6 N–H and O–H groups in total. The number of ether oxygens (including phenoxy) is 8. The number of rotatable bonds is 23. The normalized spacial score (nSPS) is 34.9. The summed E-state index contributed by atoms with van der Waals surface area (Å²) in [4.78, 5) is 63.1. The number of amides is 1. The first kappa shape index (κ1) is 71.2. The van der Waals surface area contributed by atoms with E-state index < -0.39 is 119 Å². The van der Waals surface area contributed by atoms with Crippen LogP contribution in [0.4, 0.5) is 4.79 Å². The molecule has 0 radical (unpaired) electrons. The van der Waals surface area contributed by atoms with Gasteiger partial charge in [-0.2, -0.15) is 0 Å². The van der Waals surface area contributed by atoms with Crippen molar-refractivity contribution < 1.29 is 82.6 Å². The van der Waals surface area contributed by atoms with Crippen LogP contribution in [0.15, 0.2) is 34.3 Å². The van der Waals surface area contributed by atoms with Crippen molar-refractivity contribution in [1.29, 1.82) is 0 Å². The lowest BCUT2D eigenvalue weighted by Gasteiger charge is -2.49. The van der Waals surface area contributed by atoms with Crippen LogP contribution >= 0.6 is 0 Å². The molecule has 484 valence electrons. The van der Waals surface area contributed by atoms with E-state index >= 15 is 0 Å². The quantitative estimate of drug-likeness (QED) is 0.0506. The number of aromatic nitrogens is 1. The summed E-state index contributed by atoms with van der Waals surface area (Å²) >= 11 is 0. The van der Waals surface area contributed by atoms with Crippen molar-refractivity contribution in [2.24, 2.45) is 28.8 Å². The lowest BCUT2D eigenvalue weighted by molar-refractivity contribution is -0.317. The number of oxime groups is 1. The van der Waals surface area contributed by atoms with Gasteiger partial charge < -0.3 is 88.4 Å². The standard InChI is InChI=1S/C61H102N6O18/c1-18-46-61(12,76)52(70)37(6)48(63-79-29-26-66(19-2)20-3)35(4)32-59(10,75)53(84-57-50(69)45(64(13)14)30-36(5)80-57)38(7)51(39(8)56(73)82-46)83-47-33-60(11,77-17)54(40(9)81-47)85-58(74)62-25-28-78-27-21-22-41-23-24-44-42(31-41)49(68)43(55(71)72)34-67(44)65(15)16/h23-24,31,34-40,45-47,50-54,57,69-70,75-76H,18-22,25-30,32-33H2,1-17H3,(H,62,74)(H,71,72)/b63-48+/t35-,36-,37+,38+,39-,40+,45+,46-,47+,50-,51+,52-,53-,54+,57+,59-,60-,61-/m1/s1. The van der Waals surface area contributed by atoms with E-state index in [4.69, 9.17) is 42.7 Å². The highest BCUT2D eigenvalue weighted by molar-refractivity contribution is 5.93. The number of aliphatic hydroxyl groups is 4. The van der Waals surface area contributed by atoms with Crippen LogP contribution in [0.5, 0.6) is 0 Å². The molecule has 24 heteroatoms. The maximum atomic E-state index is 14.8. The Morgan fingerprint density at radius 1 is 0.894 bits per heavy atom. The molecule has 1 aromatic carbocycles. The molecule has 1 aromatic heterocycles. The van der Waals surface area contributed by atoms with E-state index in [9.17, 15) is 44.7 Å². The fourth-order valence-corrected chi connectivity index (χ4v) is 12.5. The van der Waals surface area contributed by atoms with Crippen molar-refractivity contribution in [2.75, 3.05) is 86.3 Å². The van der Waals surface area contributed by atoms with Crippen molar-refractivity contribution in [3.63, 3.8) is 0 Å². The Hall–Kier alpha value is -4.57. The van der Waals surface area contributed by atoms with E-state index in [-0.39, 0.29) is 56.7 Å². The van der Waals surface area contributed by atoms with Crippen LogP contribution in [0, 0.1) is 23.7 Å². The first-order valence-electron chi connectivity index (χ1n) is 30.3. The number of carboxylic acid groups (broad SMARTS) is 1. The van der Waals surface area contributed by atoms with E-state index in [2.05, 4.69) is 15.4 Å². The van der Waals surface area contributed by atoms with E-state index in [1.807, 2.05) is 52.8 Å². The summed E-state index contributed by atoms with van der Waals surface area (Å²) < 4.78 is 52.4. The van der Waals surface area contributed by atoms with Gasteiger partial charge in [-0.1, -0.05) is 52.8 Å². The molecule has 5 rings (SSSR count). The summed E-state index contributed by atoms with van der Waals surface area (Å²) in [6.45, 7) is 24.2. The Morgan fingerprint density at radius 3 is 2.19 bits per heavy atom. The number of hydrogen-bond donors (Lipinski definition) is 6. The van der Waals surface area contributed by atoms with Gasteiger partial charge in [0.05, 0.1) is 59.9 Å². The molecule has 3 saturated heterocycles. The molecule has 18 atom stereocenters. The molecule has 24 nitrogen and oxygen atoms in total. The van der Waals surface area contributed by atoms with Gasteiger partial charge >= 0.3 is 18.0 Å². The number of carboxylic acids is 1. The highest BCUT2D eigenvalue weighted by Crippen LogP contribution is 2.42. The second kappa shape index (κ2) is 31.1. The molecule has 3 fully saturated rings. The number of methoxy groups -OCH3 is 1. The predicted molar refractivity (Wildman–Crippen MR) is 319 cm³/mol. The largest absolute Gasteiger partial charge is 0.477 e. The van der Waals surface area contributed by atoms with Crippen LogP contribution in [0.2, 0.25) is 0 Å². The van der Waals surface area contributed by atoms with E-state index in [1.54, 1.807) is 84.4 Å². The highest BCUT2D eigenvalue weighted by atomic mass is 16.7. The Morgan fingerprint density at radius 2 is 1.58 bits per heavy atom. The van der Waals surface area contributed by atoms with Crippen LogP contribution in [0.1, 0.15) is 131 Å². The molecular formula is C61H102N6O18. The number of nitrogens with zero attached hydrogens (tertiary/aromatic N) is 5. The number of benzene rings is 1. The molecule has 0 bridgehead atoms. The predicted octanol–water partition coefficient (Wildman–Crippen LogP) is 4.52. The number of nitrogens with one attached hydrogen (secondary N) is 1. The van der Waals surface area contributed by atoms with Gasteiger partial charge in [-0.15, -0.1) is 0 Å². The molecule has 4 heterocycles. The maximum absolute atomic E-state index is 14.8. The number of cyclic esters (lactones) is 1. The number of aliphatic hydroxyl groups excluding tert-OH is 2. The van der Waals surface area contributed by atoms with Gasteiger partial charge in [-0.05, 0) is 119 Å². The van der Waals surface area contributed by atoms with Crippen LogP contribution in [0.25, 0.3) is 10.9 Å². The second-order valence-electron chi connectivity index (χ2n) is 24.7. The number of likely N-dealkylation sites (N-methyl/N-ethyl adjacent to an activating group) is 2. The number of esters is 1. The minimum absolute atomic E-state index is 0.0144. The average Bonchev–Trinajstić information content (AvgIpc) is 2.48. The molecule has 2 aromatic rings. The number of hydrogen-bond acceptors (Lipinski definition) is 21. The minimum atomic E-state index is -2.00. The number of pyridine rings is 1. The Balaban J connectivity index is 1.36. The van der Waals surface area contributed by atoms with Crippen molar-refractivity contribution in [3.8, 4) is 0 Å². The topological polar surface area (TPSA) is 292 Å². The number of aromatic carboxylic acids is 1. The summed E-state index contributed by atoms with van der Waals surface area (Å²) in [7, 11) is 8.70. The summed E-state index contributed by atoms with van der Waals surface area (Å²) in [5, 5.41) is 68.3. The fourth-order valence-electron chi connectivity index (χ4n) is 12.5. The van der Waals surface area contributed by atoms with Crippen molar-refractivity contribution in [3.05, 3.63) is 45.7 Å². The third-order valence-corrected chi connectivity index (χ3v) is 17.6. The Labute approximate surface area is 502 Å². The maximum Gasteiger partial charge on any atom is 0.407 e. The summed E-state index contributed by atoms with van der Waals surface area (Å²) in [5.74, 6) is -5.64. The third kappa shape index (κ3) is 17.6. The Bertz CT molecular complexity index is 2580. The minimum Gasteiger partial charge on any atom is -0.477 e. The zero-order chi connectivity index (χ0) is 63.5. The number of aryl methyl sites for hydroxylation is 1. The summed E-state index contributed by atoms with van der Waals surface area (Å²) in [6, 6.07) is 5.01. The molecule has 3 aliphatic heterocycles. The van der Waals surface area contributed by atoms with Gasteiger partial charge in [0.15, 0.2) is 18.7 Å². The monoisotopic (exact) mass is 1210 g/mol. The number of fused-ring (bicyclic) bond motifs is 1. The van der Waals surface area contributed by atoms with Crippen molar-refractivity contribution in [1.82, 2.24) is 19.8 Å². The molecule has 0 saturated carbocycles. The van der Waals surface area contributed by atoms with Crippen LogP contribution in [-0.4, -0.2) is 229 Å². The van der Waals surface area contributed by atoms with E-state index in [0.29, 0.717) is 49.0 Å². The zero-order valence-electron chi connectivity index (χ0n) is 53.4. The van der Waals surface area contributed by atoms with Crippen molar-refractivity contribution >= 4 is 34.6 Å². The smallest absolute Gasteiger partial charge is 0.407 e. The van der Waals surface area contributed by atoms with Crippen LogP contribution < -0.4 is 15.8 Å². The summed E-state index contributed by atoms with van der Waals surface area (Å²) in [5.41, 5.74) is -4.16. The number of carbonyl (C=O) groups excluding carboxylic acids is 2. The second-order valence-corrected chi connectivity index (χ2v) is 24.7. The molecule has 1 amide bonds. The third-order valence-electron chi connectivity index (χ3n) is 17.6. The Kier molecular flexibility index (Phi) is 26.0. The average molecular weight is 1210 g/mol. The highest BCUT2D eigenvalue weighted by Gasteiger charge is 2.54. The fraction of sp³-hybridized carbons (Fsp3) is 0.787. The van der Waals surface area contributed by atoms with Crippen LogP contribution in [-0.2, 0) is 53.9 Å². The summed E-state index contributed by atoms with van der Waals surface area (Å²) in [6.07, 6.45) is -8.61. The van der Waals surface area contributed by atoms with E-state index in [0.717, 1.165) is 18.7 Å². The van der Waals surface area contributed by atoms with Crippen LogP contribution in [0.3, 0.4) is 0 Å². The molecule has 85 heavy (non-hydrogen) atoms. The zero-order valence-corrected chi connectivity index (χ0v) is 53.4. The van der Waals surface area contributed by atoms with Gasteiger partial charge in [0, 0.05) is 82.7 Å². The molecule has 0 spiro atoms. The molecular weight excluding hydrogens is 1100 g/mol. The lowest BCUT2D eigenvalue weighted by atomic mass is 9.73. The van der Waals surface area contributed by atoms with E-state index in [1.165, 1.54) is 20.2 Å². The first-order chi connectivity index (χ1) is 39.9. The lowest BCUT2D eigenvalue weighted by Crippen LogP contribution is -2.61. The SMILES string of the molecule is CC[C@H]1OC(=O)[C@H](C)[C@@H](O[C@H]2C[C@@](C)(OC)[C@@H](OC(=O)NCCOCCCc3ccc4c(c3)c(=O)c(C(=O)O)cn4N(C)C)[C@H](C)O2)[C@H](C)[C@@H](O[C@@H]2O[C@H](C)C[C@H](N(C)C)[C@H]2O)[C@](C)(O)C[C@@H](C)/C(=N\OCCN(CC)CC)[C@H](C)[C@@H](O)[C@]1(C)O. The van der Waals surface area contributed by atoms with Crippen molar-refractivity contribution in [2.45, 2.75) is 206 Å².